The van der Waals surface area contributed by atoms with Gasteiger partial charge in [-0.1, -0.05) is 11.6 Å². The number of esters is 1. The van der Waals surface area contributed by atoms with Crippen LogP contribution in [0.2, 0.25) is 5.02 Å². The molecule has 0 aliphatic carbocycles. The maximum Gasteiger partial charge on any atom is 0.358 e. The van der Waals surface area contributed by atoms with Gasteiger partial charge < -0.3 is 10.5 Å². The van der Waals surface area contributed by atoms with E-state index in [4.69, 9.17) is 17.3 Å². The summed E-state index contributed by atoms with van der Waals surface area (Å²) in [7, 11) is 2.83. The third-order valence-electron chi connectivity index (χ3n) is 2.10. The molecule has 0 spiro atoms. The molecule has 0 aliphatic rings. The highest BCUT2D eigenvalue weighted by Gasteiger charge is 2.19. The number of nitrogen functional groups attached to an aromatic ring is 1. The number of pyridine rings is 1. The molecule has 0 saturated heterocycles. The van der Waals surface area contributed by atoms with Crippen LogP contribution >= 0.6 is 11.6 Å². The smallest absolute Gasteiger partial charge is 0.358 e. The van der Waals surface area contributed by atoms with Crippen LogP contribution in [0.4, 0.5) is 5.69 Å². The maximum absolute atomic E-state index is 11.5. The number of carbonyl (C=O) groups excluding carboxylic acids is 1. The van der Waals surface area contributed by atoms with E-state index in [9.17, 15) is 4.79 Å². The first-order valence-electron chi connectivity index (χ1n) is 4.81. The second-order valence-corrected chi connectivity index (χ2v) is 3.73. The number of rotatable bonds is 2. The van der Waals surface area contributed by atoms with Gasteiger partial charge >= 0.3 is 5.97 Å². The fourth-order valence-electron chi connectivity index (χ4n) is 1.28. The van der Waals surface area contributed by atoms with Crippen molar-refractivity contribution in [1.29, 1.82) is 0 Å². The van der Waals surface area contributed by atoms with Crippen molar-refractivity contribution in [2.45, 2.75) is 0 Å². The number of aryl methyl sites for hydroxylation is 1. The van der Waals surface area contributed by atoms with E-state index in [1.165, 1.54) is 18.0 Å². The molecule has 0 saturated carbocycles. The van der Waals surface area contributed by atoms with Crippen LogP contribution in [0.25, 0.3) is 11.5 Å². The number of tetrazole rings is 1. The zero-order valence-corrected chi connectivity index (χ0v) is 10.3. The monoisotopic (exact) mass is 268 g/mol. The summed E-state index contributed by atoms with van der Waals surface area (Å²) in [4.78, 5) is 16.8. The summed E-state index contributed by atoms with van der Waals surface area (Å²) in [6.45, 7) is 0. The molecule has 18 heavy (non-hydrogen) atoms. The van der Waals surface area contributed by atoms with Gasteiger partial charge in [-0.05, 0) is 11.3 Å². The molecule has 0 fully saturated rings. The number of nitrogens with zero attached hydrogens (tertiary/aromatic N) is 5. The minimum Gasteiger partial charge on any atom is -0.464 e. The van der Waals surface area contributed by atoms with Gasteiger partial charge in [0, 0.05) is 0 Å². The van der Waals surface area contributed by atoms with Gasteiger partial charge in [0.1, 0.15) is 5.69 Å². The Morgan fingerprint density at radius 2 is 2.28 bits per heavy atom. The van der Waals surface area contributed by atoms with Crippen LogP contribution in [0.5, 0.6) is 0 Å². The summed E-state index contributed by atoms with van der Waals surface area (Å²) >= 11 is 5.88. The third kappa shape index (κ3) is 2.09. The molecule has 0 bridgehead atoms. The highest BCUT2D eigenvalue weighted by Crippen LogP contribution is 2.26. The summed E-state index contributed by atoms with van der Waals surface area (Å²) in [6.07, 6.45) is 0. The fourth-order valence-corrected chi connectivity index (χ4v) is 1.46. The summed E-state index contributed by atoms with van der Waals surface area (Å²) in [5.41, 5.74) is 6.10. The van der Waals surface area contributed by atoms with Gasteiger partial charge in [0.25, 0.3) is 0 Å². The number of anilines is 1. The number of hydrogen-bond acceptors (Lipinski definition) is 7. The quantitative estimate of drug-likeness (QED) is 0.780. The molecule has 2 N–H and O–H groups in total. The summed E-state index contributed by atoms with van der Waals surface area (Å²) in [6, 6.07) is 1.46. The molecule has 0 aromatic carbocycles. The van der Waals surface area contributed by atoms with Crippen molar-refractivity contribution in [1.82, 2.24) is 25.2 Å². The largest absolute Gasteiger partial charge is 0.464 e. The lowest BCUT2D eigenvalue weighted by Gasteiger charge is -2.05. The van der Waals surface area contributed by atoms with E-state index in [-0.39, 0.29) is 22.2 Å². The topological polar surface area (TPSA) is 109 Å². The van der Waals surface area contributed by atoms with Gasteiger partial charge in [-0.15, -0.1) is 10.2 Å². The third-order valence-corrected chi connectivity index (χ3v) is 2.50. The van der Waals surface area contributed by atoms with Crippen molar-refractivity contribution in [2.24, 2.45) is 7.05 Å². The van der Waals surface area contributed by atoms with Crippen molar-refractivity contribution in [2.75, 3.05) is 12.8 Å². The van der Waals surface area contributed by atoms with Crippen LogP contribution in [-0.2, 0) is 11.8 Å². The number of hydrogen-bond donors (Lipinski definition) is 1. The van der Waals surface area contributed by atoms with Crippen LogP contribution in [0.15, 0.2) is 6.07 Å². The molecular formula is C9H9ClN6O2. The van der Waals surface area contributed by atoms with Crippen LogP contribution in [0.1, 0.15) is 10.5 Å². The summed E-state index contributed by atoms with van der Waals surface area (Å²) in [5, 5.41) is 11.4. The first kappa shape index (κ1) is 12.2. The average molecular weight is 269 g/mol. The van der Waals surface area contributed by atoms with E-state index in [2.05, 4.69) is 25.1 Å². The second kappa shape index (κ2) is 4.57. The van der Waals surface area contributed by atoms with Gasteiger partial charge in [0.15, 0.2) is 5.69 Å². The molecule has 94 valence electrons. The fraction of sp³-hybridized carbons (Fsp3) is 0.222. The number of carbonyl (C=O) groups is 1. The molecule has 8 nitrogen and oxygen atoms in total. The first-order chi connectivity index (χ1) is 8.52. The van der Waals surface area contributed by atoms with Gasteiger partial charge in [-0.25, -0.2) is 9.78 Å². The molecule has 0 atom stereocenters. The van der Waals surface area contributed by atoms with Crippen LogP contribution in [-0.4, -0.2) is 38.3 Å². The molecule has 2 heterocycles. The standard InChI is InChI=1S/C9H9ClN6O2/c1-16-14-8(13-15-16)5-3-4(11)6(10)7(12-5)9(17)18-2/h3H,1-2H3,(H2,11,12). The Labute approximate surface area is 107 Å². The highest BCUT2D eigenvalue weighted by atomic mass is 35.5. The molecule has 0 radical (unpaired) electrons. The van der Waals surface area contributed by atoms with E-state index in [1.807, 2.05) is 0 Å². The average Bonchev–Trinajstić information content (AvgIpc) is 2.78. The lowest BCUT2D eigenvalue weighted by Crippen LogP contribution is -2.08. The van der Waals surface area contributed by atoms with Crippen LogP contribution in [0.3, 0.4) is 0 Å². The second-order valence-electron chi connectivity index (χ2n) is 3.35. The maximum atomic E-state index is 11.5. The molecule has 0 amide bonds. The Kier molecular flexibility index (Phi) is 3.11. The van der Waals surface area contributed by atoms with Crippen LogP contribution < -0.4 is 5.73 Å². The van der Waals surface area contributed by atoms with Gasteiger partial charge in [0.05, 0.1) is 24.9 Å². The predicted molar refractivity (Wildman–Crippen MR) is 62.8 cm³/mol. The van der Waals surface area contributed by atoms with Crippen molar-refractivity contribution in [3.63, 3.8) is 0 Å². The Balaban J connectivity index is 2.57. The van der Waals surface area contributed by atoms with Crippen LogP contribution in [0, 0.1) is 0 Å². The van der Waals surface area contributed by atoms with E-state index in [1.54, 1.807) is 7.05 Å². The molecule has 0 unspecified atom stereocenters. The Hall–Kier alpha value is -2.22. The molecule has 2 aromatic rings. The predicted octanol–water partition coefficient (Wildman–Crippen LogP) is 0.294. The van der Waals surface area contributed by atoms with Gasteiger partial charge in [-0.3, -0.25) is 0 Å². The minimum atomic E-state index is -0.683. The number of halogens is 1. The molecule has 2 aromatic heterocycles. The van der Waals surface area contributed by atoms with Gasteiger partial charge in [-0.2, -0.15) is 4.80 Å². The normalized spacial score (nSPS) is 10.4. The van der Waals surface area contributed by atoms with E-state index in [0.29, 0.717) is 5.69 Å². The number of methoxy groups -OCH3 is 1. The molecule has 9 heteroatoms. The molecule has 2 rings (SSSR count). The SMILES string of the molecule is COC(=O)c1nc(-c2nnn(C)n2)cc(N)c1Cl. The van der Waals surface area contributed by atoms with Crippen molar-refractivity contribution < 1.29 is 9.53 Å². The number of ether oxygens (including phenoxy) is 1. The molecular weight excluding hydrogens is 260 g/mol. The number of aromatic nitrogens is 5. The highest BCUT2D eigenvalue weighted by molar-refractivity contribution is 6.35. The van der Waals surface area contributed by atoms with Crippen molar-refractivity contribution in [3.8, 4) is 11.5 Å². The zero-order valence-electron chi connectivity index (χ0n) is 9.59. The van der Waals surface area contributed by atoms with E-state index < -0.39 is 5.97 Å². The Bertz CT molecular complexity index is 611. The van der Waals surface area contributed by atoms with E-state index in [0.717, 1.165) is 0 Å². The van der Waals surface area contributed by atoms with Crippen molar-refractivity contribution in [3.05, 3.63) is 16.8 Å². The lowest BCUT2D eigenvalue weighted by molar-refractivity contribution is 0.0594. The number of nitrogens with two attached hydrogens (primary N) is 1. The van der Waals surface area contributed by atoms with Gasteiger partial charge in [0.2, 0.25) is 5.82 Å². The van der Waals surface area contributed by atoms with Crippen molar-refractivity contribution >= 4 is 23.3 Å². The Morgan fingerprint density at radius 3 is 2.83 bits per heavy atom. The summed E-state index contributed by atoms with van der Waals surface area (Å²) < 4.78 is 4.57. The first-order valence-corrected chi connectivity index (χ1v) is 5.19. The molecule has 0 aliphatic heterocycles. The summed E-state index contributed by atoms with van der Waals surface area (Å²) in [5.74, 6) is -0.441. The minimum absolute atomic E-state index is 0.0366. The lowest BCUT2D eigenvalue weighted by atomic mass is 10.2. The zero-order chi connectivity index (χ0) is 13.3. The Morgan fingerprint density at radius 1 is 1.56 bits per heavy atom. The van der Waals surface area contributed by atoms with E-state index >= 15 is 0 Å².